The third-order valence-corrected chi connectivity index (χ3v) is 0.762. The smallest absolute Gasteiger partial charge is 0.0966 e. The molecule has 0 radical (unpaired) electrons. The van der Waals surface area contributed by atoms with Crippen LogP contribution in [0.5, 0.6) is 0 Å². The van der Waals surface area contributed by atoms with Crippen LogP contribution < -0.4 is 5.11 Å². The Labute approximate surface area is 52.9 Å². The SMILES string of the molecule is C#CCC(C#N)C(=O)[O-]. The fourth-order valence-electron chi connectivity index (χ4n) is 0.300. The van der Waals surface area contributed by atoms with Crippen molar-refractivity contribution in [2.45, 2.75) is 6.42 Å². The van der Waals surface area contributed by atoms with E-state index in [4.69, 9.17) is 11.7 Å². The first-order valence-corrected chi connectivity index (χ1v) is 2.26. The van der Waals surface area contributed by atoms with Crippen molar-refractivity contribution < 1.29 is 9.90 Å². The molecule has 0 N–H and O–H groups in total. The van der Waals surface area contributed by atoms with E-state index in [1.54, 1.807) is 0 Å². The molecule has 0 amide bonds. The summed E-state index contributed by atoms with van der Waals surface area (Å²) in [7, 11) is 0. The highest BCUT2D eigenvalue weighted by Gasteiger charge is 2.04. The van der Waals surface area contributed by atoms with Crippen LogP contribution in [0, 0.1) is 29.6 Å². The Hall–Kier alpha value is -1.48. The van der Waals surface area contributed by atoms with E-state index in [1.165, 1.54) is 6.07 Å². The van der Waals surface area contributed by atoms with Gasteiger partial charge in [-0.25, -0.2) is 0 Å². The predicted molar refractivity (Wildman–Crippen MR) is 27.6 cm³/mol. The number of carbonyl (C=O) groups excluding carboxylic acids is 1. The average Bonchev–Trinajstić information content (AvgIpc) is 1.82. The van der Waals surface area contributed by atoms with Crippen LogP contribution in [-0.2, 0) is 4.79 Å². The Morgan fingerprint density at radius 3 is 2.56 bits per heavy atom. The zero-order valence-electron chi connectivity index (χ0n) is 4.63. The van der Waals surface area contributed by atoms with E-state index in [1.807, 2.05) is 0 Å². The van der Waals surface area contributed by atoms with E-state index >= 15 is 0 Å². The average molecular weight is 122 g/mol. The molecular weight excluding hydrogens is 118 g/mol. The van der Waals surface area contributed by atoms with Crippen molar-refractivity contribution in [3.63, 3.8) is 0 Å². The van der Waals surface area contributed by atoms with Gasteiger partial charge < -0.3 is 9.90 Å². The lowest BCUT2D eigenvalue weighted by Crippen LogP contribution is -2.30. The molecule has 0 aromatic heterocycles. The molecule has 3 heteroatoms. The minimum atomic E-state index is -1.41. The van der Waals surface area contributed by atoms with Gasteiger partial charge in [-0.3, -0.25) is 0 Å². The molecule has 0 aromatic rings. The zero-order chi connectivity index (χ0) is 7.28. The summed E-state index contributed by atoms with van der Waals surface area (Å²) in [6.07, 6.45) is 4.67. The van der Waals surface area contributed by atoms with Gasteiger partial charge in [0.15, 0.2) is 0 Å². The minimum absolute atomic E-state index is 0.0845. The monoisotopic (exact) mass is 122 g/mol. The molecule has 1 unspecified atom stereocenters. The third kappa shape index (κ3) is 2.36. The number of terminal acetylenes is 1. The van der Waals surface area contributed by atoms with E-state index in [-0.39, 0.29) is 6.42 Å². The highest BCUT2D eigenvalue weighted by Crippen LogP contribution is 1.96. The molecule has 0 heterocycles. The molecule has 0 aliphatic heterocycles. The summed E-state index contributed by atoms with van der Waals surface area (Å²) in [5.41, 5.74) is 0. The van der Waals surface area contributed by atoms with E-state index in [0.29, 0.717) is 0 Å². The molecule has 0 aliphatic rings. The second-order valence-electron chi connectivity index (χ2n) is 1.41. The Morgan fingerprint density at radius 1 is 1.89 bits per heavy atom. The van der Waals surface area contributed by atoms with Crippen molar-refractivity contribution in [2.24, 2.45) is 5.92 Å². The van der Waals surface area contributed by atoms with E-state index < -0.39 is 11.9 Å². The number of aliphatic carboxylic acids is 1. The molecule has 0 saturated heterocycles. The highest BCUT2D eigenvalue weighted by molar-refractivity contribution is 5.71. The molecule has 0 aliphatic carbocycles. The number of carboxylic acids is 1. The molecule has 0 fully saturated rings. The van der Waals surface area contributed by atoms with Crippen molar-refractivity contribution >= 4 is 5.97 Å². The van der Waals surface area contributed by atoms with Crippen molar-refractivity contribution in [3.05, 3.63) is 0 Å². The molecule has 9 heavy (non-hydrogen) atoms. The fraction of sp³-hybridized carbons (Fsp3) is 0.333. The second kappa shape index (κ2) is 3.51. The topological polar surface area (TPSA) is 63.9 Å². The normalized spacial score (nSPS) is 10.9. The lowest BCUT2D eigenvalue weighted by Gasteiger charge is -2.03. The fourth-order valence-corrected chi connectivity index (χ4v) is 0.300. The largest absolute Gasteiger partial charge is 0.549 e. The highest BCUT2D eigenvalue weighted by atomic mass is 16.4. The summed E-state index contributed by atoms with van der Waals surface area (Å²) in [6, 6.07) is 1.50. The molecule has 3 nitrogen and oxygen atoms in total. The first-order valence-electron chi connectivity index (χ1n) is 2.26. The van der Waals surface area contributed by atoms with Crippen molar-refractivity contribution in [2.75, 3.05) is 0 Å². The number of rotatable bonds is 2. The Bertz CT molecular complexity index is 184. The van der Waals surface area contributed by atoms with Gasteiger partial charge in [0, 0.05) is 6.42 Å². The zero-order valence-corrected chi connectivity index (χ0v) is 4.63. The van der Waals surface area contributed by atoms with Gasteiger partial charge in [-0.2, -0.15) is 5.26 Å². The van der Waals surface area contributed by atoms with Crippen LogP contribution >= 0.6 is 0 Å². The molecule has 0 rings (SSSR count). The Balaban J connectivity index is 3.91. The van der Waals surface area contributed by atoms with E-state index in [2.05, 4.69) is 5.92 Å². The van der Waals surface area contributed by atoms with Crippen molar-refractivity contribution in [1.29, 1.82) is 5.26 Å². The van der Waals surface area contributed by atoms with Gasteiger partial charge in [-0.15, -0.1) is 12.3 Å². The molecule has 0 saturated carbocycles. The number of carboxylic acid groups (broad SMARTS) is 1. The number of nitrogens with zero attached hydrogens (tertiary/aromatic N) is 1. The maximum absolute atomic E-state index is 9.89. The van der Waals surface area contributed by atoms with Gasteiger partial charge in [0.2, 0.25) is 0 Å². The minimum Gasteiger partial charge on any atom is -0.549 e. The number of carbonyl (C=O) groups is 1. The molecule has 46 valence electrons. The maximum Gasteiger partial charge on any atom is 0.0966 e. The van der Waals surface area contributed by atoms with Crippen molar-refractivity contribution in [3.8, 4) is 18.4 Å². The Morgan fingerprint density at radius 2 is 2.44 bits per heavy atom. The molecule has 0 bridgehead atoms. The quantitative estimate of drug-likeness (QED) is 0.436. The van der Waals surface area contributed by atoms with Crippen LogP contribution in [0.25, 0.3) is 0 Å². The molecule has 0 aromatic carbocycles. The summed E-state index contributed by atoms with van der Waals surface area (Å²) in [5, 5.41) is 18.0. The summed E-state index contributed by atoms with van der Waals surface area (Å²) < 4.78 is 0. The van der Waals surface area contributed by atoms with Crippen LogP contribution in [0.4, 0.5) is 0 Å². The van der Waals surface area contributed by atoms with Gasteiger partial charge in [-0.1, -0.05) is 0 Å². The predicted octanol–water partition coefficient (Wildman–Crippen LogP) is -1.10. The maximum atomic E-state index is 9.89. The first kappa shape index (κ1) is 7.52. The van der Waals surface area contributed by atoms with Crippen LogP contribution in [-0.4, -0.2) is 5.97 Å². The first-order chi connectivity index (χ1) is 4.22. The van der Waals surface area contributed by atoms with Crippen LogP contribution in [0.2, 0.25) is 0 Å². The standard InChI is InChI=1S/C6H5NO2/c1-2-3-5(4-7)6(8)9/h1,5H,3H2,(H,8,9)/p-1. The van der Waals surface area contributed by atoms with Gasteiger partial charge in [0.25, 0.3) is 0 Å². The Kier molecular flexibility index (Phi) is 2.94. The third-order valence-electron chi connectivity index (χ3n) is 0.762. The number of hydrogen-bond donors (Lipinski definition) is 0. The number of nitriles is 1. The lowest BCUT2D eigenvalue weighted by molar-refractivity contribution is -0.309. The van der Waals surface area contributed by atoms with Gasteiger partial charge in [-0.05, 0) is 0 Å². The van der Waals surface area contributed by atoms with E-state index in [9.17, 15) is 9.90 Å². The van der Waals surface area contributed by atoms with Gasteiger partial charge in [0.05, 0.1) is 18.0 Å². The summed E-state index contributed by atoms with van der Waals surface area (Å²) in [4.78, 5) is 9.89. The van der Waals surface area contributed by atoms with Crippen LogP contribution in [0.15, 0.2) is 0 Å². The molecule has 1 atom stereocenters. The van der Waals surface area contributed by atoms with Gasteiger partial charge in [0.1, 0.15) is 0 Å². The molecule has 0 spiro atoms. The molecular formula is C6H4NO2-. The van der Waals surface area contributed by atoms with Gasteiger partial charge >= 0.3 is 0 Å². The van der Waals surface area contributed by atoms with Crippen LogP contribution in [0.3, 0.4) is 0 Å². The summed E-state index contributed by atoms with van der Waals surface area (Å²) >= 11 is 0. The van der Waals surface area contributed by atoms with Crippen LogP contribution in [0.1, 0.15) is 6.42 Å². The van der Waals surface area contributed by atoms with Crippen molar-refractivity contribution in [1.82, 2.24) is 0 Å². The van der Waals surface area contributed by atoms with E-state index in [0.717, 1.165) is 0 Å². The summed E-state index contributed by atoms with van der Waals surface area (Å²) in [6.45, 7) is 0. The second-order valence-corrected chi connectivity index (χ2v) is 1.41. The summed E-state index contributed by atoms with van der Waals surface area (Å²) in [5.74, 6) is -0.508. The lowest BCUT2D eigenvalue weighted by atomic mass is 10.1. The number of hydrogen-bond acceptors (Lipinski definition) is 3.